The summed E-state index contributed by atoms with van der Waals surface area (Å²) in [6.07, 6.45) is 1.89. The van der Waals surface area contributed by atoms with E-state index >= 15 is 0 Å². The smallest absolute Gasteiger partial charge is 0.0226 e. The molecule has 0 aromatic carbocycles. The fraction of sp³-hybridized carbons (Fsp3) is 0.500. The number of allylic oxidation sites excluding steroid dienone is 2. The van der Waals surface area contributed by atoms with Crippen LogP contribution in [0.2, 0.25) is 0 Å². The molecule has 0 rings (SSSR count). The molecule has 0 bridgehead atoms. The molecule has 0 atom stereocenters. The Morgan fingerprint density at radius 2 is 2.50 bits per heavy atom. The molecule has 0 saturated heterocycles. The van der Waals surface area contributed by atoms with Gasteiger partial charge in [-0.3, -0.25) is 0 Å². The Morgan fingerprint density at radius 1 is 2.00 bits per heavy atom. The Morgan fingerprint density at radius 3 is 2.50 bits per heavy atom. The summed E-state index contributed by atoms with van der Waals surface area (Å²) in [5.41, 5.74) is 0. The molecular weight excluding hydrogens is 163 g/mol. The molecule has 0 spiro atoms. The largest absolute Gasteiger partial charge is 0.0898 e. The number of alkyl halides is 1. The van der Waals surface area contributed by atoms with Crippen LogP contribution in [0.3, 0.4) is 0 Å². The fourth-order valence-electron chi connectivity index (χ4n) is 0.106. The van der Waals surface area contributed by atoms with Gasteiger partial charge in [0.25, 0.3) is 0 Å². The molecule has 0 aliphatic heterocycles. The standard InChI is InChI=1S/C4H6BrCl/c1-4(6)2-3-5/h2H,3H2,1H3/b4-2-. The molecule has 0 aliphatic rings. The Hall–Kier alpha value is 0.510. The van der Waals surface area contributed by atoms with Crippen molar-refractivity contribution in [2.45, 2.75) is 6.92 Å². The Bertz CT molecular complexity index is 54.6. The summed E-state index contributed by atoms with van der Waals surface area (Å²) >= 11 is 8.60. The molecule has 0 heterocycles. The molecule has 0 N–H and O–H groups in total. The number of halogens is 2. The van der Waals surface area contributed by atoms with Gasteiger partial charge in [0, 0.05) is 10.4 Å². The van der Waals surface area contributed by atoms with Gasteiger partial charge in [0.2, 0.25) is 0 Å². The van der Waals surface area contributed by atoms with Gasteiger partial charge in [0.1, 0.15) is 0 Å². The maximum atomic E-state index is 5.41. The van der Waals surface area contributed by atoms with Gasteiger partial charge in [-0.05, 0) is 6.92 Å². The van der Waals surface area contributed by atoms with E-state index in [0.717, 1.165) is 10.4 Å². The summed E-state index contributed by atoms with van der Waals surface area (Å²) in [5, 5.41) is 1.69. The molecular formula is C4H6BrCl. The Balaban J connectivity index is 3.14. The zero-order valence-electron chi connectivity index (χ0n) is 3.54. The highest BCUT2D eigenvalue weighted by atomic mass is 79.9. The predicted molar refractivity (Wildman–Crippen MR) is 33.4 cm³/mol. The third-order valence-electron chi connectivity index (χ3n) is 0.358. The van der Waals surface area contributed by atoms with Crippen molar-refractivity contribution in [1.82, 2.24) is 0 Å². The van der Waals surface area contributed by atoms with Crippen molar-refractivity contribution >= 4 is 27.5 Å². The third-order valence-corrected chi connectivity index (χ3v) is 0.836. The van der Waals surface area contributed by atoms with Gasteiger partial charge in [0.05, 0.1) is 0 Å². The first-order chi connectivity index (χ1) is 2.77. The quantitative estimate of drug-likeness (QED) is 0.529. The highest BCUT2D eigenvalue weighted by Gasteiger charge is 1.71. The van der Waals surface area contributed by atoms with Crippen molar-refractivity contribution in [2.24, 2.45) is 0 Å². The van der Waals surface area contributed by atoms with E-state index in [2.05, 4.69) is 15.9 Å². The van der Waals surface area contributed by atoms with Crippen LogP contribution in [0.5, 0.6) is 0 Å². The van der Waals surface area contributed by atoms with Gasteiger partial charge in [-0.2, -0.15) is 0 Å². The van der Waals surface area contributed by atoms with Crippen LogP contribution in [-0.4, -0.2) is 5.33 Å². The number of hydrogen-bond donors (Lipinski definition) is 0. The average molecular weight is 169 g/mol. The van der Waals surface area contributed by atoms with Crippen LogP contribution in [-0.2, 0) is 0 Å². The van der Waals surface area contributed by atoms with E-state index in [-0.39, 0.29) is 0 Å². The van der Waals surface area contributed by atoms with E-state index < -0.39 is 0 Å². The van der Waals surface area contributed by atoms with Crippen molar-refractivity contribution in [1.29, 1.82) is 0 Å². The lowest BCUT2D eigenvalue weighted by molar-refractivity contribution is 1.61. The van der Waals surface area contributed by atoms with E-state index in [1.165, 1.54) is 0 Å². The monoisotopic (exact) mass is 168 g/mol. The summed E-state index contributed by atoms with van der Waals surface area (Å²) in [6, 6.07) is 0. The van der Waals surface area contributed by atoms with Crippen LogP contribution >= 0.6 is 27.5 Å². The lowest BCUT2D eigenvalue weighted by atomic mass is 10.6. The molecule has 0 unspecified atom stereocenters. The molecule has 0 amide bonds. The van der Waals surface area contributed by atoms with Gasteiger partial charge in [-0.15, -0.1) is 0 Å². The highest BCUT2D eigenvalue weighted by molar-refractivity contribution is 9.09. The Kier molecular flexibility index (Phi) is 4.01. The SMILES string of the molecule is C/C(Cl)=C/CBr. The second-order valence-corrected chi connectivity index (χ2v) is 2.19. The molecule has 0 fully saturated rings. The molecule has 6 heavy (non-hydrogen) atoms. The molecule has 36 valence electrons. The van der Waals surface area contributed by atoms with Crippen LogP contribution in [0.1, 0.15) is 6.92 Å². The zero-order valence-corrected chi connectivity index (χ0v) is 5.88. The van der Waals surface area contributed by atoms with Crippen LogP contribution in [0, 0.1) is 0 Å². The van der Waals surface area contributed by atoms with E-state index in [1.807, 2.05) is 13.0 Å². The van der Waals surface area contributed by atoms with Crippen molar-refractivity contribution in [3.05, 3.63) is 11.1 Å². The highest BCUT2D eigenvalue weighted by Crippen LogP contribution is 1.97. The van der Waals surface area contributed by atoms with Crippen molar-refractivity contribution < 1.29 is 0 Å². The summed E-state index contributed by atoms with van der Waals surface area (Å²) < 4.78 is 0. The van der Waals surface area contributed by atoms with Crippen LogP contribution < -0.4 is 0 Å². The van der Waals surface area contributed by atoms with Crippen LogP contribution in [0.4, 0.5) is 0 Å². The third kappa shape index (κ3) is 4.51. The summed E-state index contributed by atoms with van der Waals surface area (Å²) in [4.78, 5) is 0. The van der Waals surface area contributed by atoms with Gasteiger partial charge < -0.3 is 0 Å². The van der Waals surface area contributed by atoms with E-state index in [4.69, 9.17) is 11.6 Å². The first-order valence-corrected chi connectivity index (χ1v) is 3.15. The summed E-state index contributed by atoms with van der Waals surface area (Å²) in [7, 11) is 0. The Labute approximate surface area is 51.3 Å². The predicted octanol–water partition coefficient (Wildman–Crippen LogP) is 2.52. The van der Waals surface area contributed by atoms with Crippen LogP contribution in [0.15, 0.2) is 11.1 Å². The lowest BCUT2D eigenvalue weighted by Crippen LogP contribution is -1.58. The number of hydrogen-bond acceptors (Lipinski definition) is 0. The van der Waals surface area contributed by atoms with E-state index in [1.54, 1.807) is 0 Å². The molecule has 0 nitrogen and oxygen atoms in total. The average Bonchev–Trinajstić information content (AvgIpc) is 1.35. The van der Waals surface area contributed by atoms with E-state index in [9.17, 15) is 0 Å². The maximum Gasteiger partial charge on any atom is 0.0226 e. The molecule has 0 radical (unpaired) electrons. The first-order valence-electron chi connectivity index (χ1n) is 1.65. The van der Waals surface area contributed by atoms with Crippen LogP contribution in [0.25, 0.3) is 0 Å². The molecule has 0 saturated carbocycles. The summed E-state index contributed by atoms with van der Waals surface area (Å²) in [6.45, 7) is 1.85. The van der Waals surface area contributed by atoms with Crippen molar-refractivity contribution in [3.8, 4) is 0 Å². The van der Waals surface area contributed by atoms with E-state index in [0.29, 0.717) is 0 Å². The fourth-order valence-corrected chi connectivity index (χ4v) is 0.855. The minimum Gasteiger partial charge on any atom is -0.0898 e. The van der Waals surface area contributed by atoms with Gasteiger partial charge >= 0.3 is 0 Å². The van der Waals surface area contributed by atoms with Crippen molar-refractivity contribution in [3.63, 3.8) is 0 Å². The molecule has 0 aromatic rings. The minimum absolute atomic E-state index is 0.840. The summed E-state index contributed by atoms with van der Waals surface area (Å²) in [5.74, 6) is 0. The minimum atomic E-state index is 0.840. The normalized spacial score (nSPS) is 12.2. The van der Waals surface area contributed by atoms with Gasteiger partial charge in [-0.25, -0.2) is 0 Å². The second-order valence-electron chi connectivity index (χ2n) is 0.945. The van der Waals surface area contributed by atoms with Gasteiger partial charge in [0.15, 0.2) is 0 Å². The first kappa shape index (κ1) is 6.51. The van der Waals surface area contributed by atoms with Gasteiger partial charge in [-0.1, -0.05) is 33.6 Å². The number of rotatable bonds is 1. The topological polar surface area (TPSA) is 0 Å². The molecule has 0 aromatic heterocycles. The molecule has 0 aliphatic carbocycles. The van der Waals surface area contributed by atoms with Crippen molar-refractivity contribution in [2.75, 3.05) is 5.33 Å². The maximum absolute atomic E-state index is 5.41. The zero-order chi connectivity index (χ0) is 4.99. The second kappa shape index (κ2) is 3.69. The lowest BCUT2D eigenvalue weighted by Gasteiger charge is -1.76. The molecule has 2 heteroatoms.